The maximum absolute atomic E-state index is 12.4. The van der Waals surface area contributed by atoms with Crippen LogP contribution in [-0.2, 0) is 0 Å². The van der Waals surface area contributed by atoms with E-state index in [1.54, 1.807) is 0 Å². The summed E-state index contributed by atoms with van der Waals surface area (Å²) in [7, 11) is 0. The minimum Gasteiger partial charge on any atom is -0.294 e. The summed E-state index contributed by atoms with van der Waals surface area (Å²) in [5, 5.41) is 0. The van der Waals surface area contributed by atoms with Crippen molar-refractivity contribution >= 4 is 11.6 Å². The van der Waals surface area contributed by atoms with Crippen molar-refractivity contribution in [2.45, 2.75) is 32.1 Å². The molecule has 23 heavy (non-hydrogen) atoms. The van der Waals surface area contributed by atoms with Crippen molar-refractivity contribution in [3.05, 3.63) is 71.8 Å². The number of rotatable bonds is 6. The van der Waals surface area contributed by atoms with Crippen LogP contribution >= 0.6 is 0 Å². The highest BCUT2D eigenvalue weighted by Crippen LogP contribution is 2.37. The smallest absolute Gasteiger partial charge is 0.163 e. The highest BCUT2D eigenvalue weighted by atomic mass is 16.1. The molecule has 1 fully saturated rings. The molecule has 0 bridgehead atoms. The van der Waals surface area contributed by atoms with Crippen LogP contribution in [0.3, 0.4) is 0 Å². The summed E-state index contributed by atoms with van der Waals surface area (Å²) in [5.74, 6) is 1.09. The van der Waals surface area contributed by atoms with Crippen LogP contribution in [0, 0.1) is 11.8 Å². The molecule has 1 aliphatic rings. The van der Waals surface area contributed by atoms with Crippen LogP contribution in [0.15, 0.2) is 60.7 Å². The predicted molar refractivity (Wildman–Crippen MR) is 91.6 cm³/mol. The number of carbonyl (C=O) groups is 2. The predicted octanol–water partition coefficient (Wildman–Crippen LogP) is 4.95. The summed E-state index contributed by atoms with van der Waals surface area (Å²) in [6, 6.07) is 19.0. The average Bonchev–Trinajstić information content (AvgIpc) is 3.03. The van der Waals surface area contributed by atoms with Gasteiger partial charge in [-0.25, -0.2) is 0 Å². The Morgan fingerprint density at radius 3 is 1.48 bits per heavy atom. The Bertz CT molecular complexity index is 601. The highest BCUT2D eigenvalue weighted by Gasteiger charge is 2.31. The number of Topliss-reactive ketones (excluding diaryl/α,β-unsaturated/α-hetero) is 2. The first-order valence-electron chi connectivity index (χ1n) is 8.40. The van der Waals surface area contributed by atoms with Crippen molar-refractivity contribution in [1.82, 2.24) is 0 Å². The van der Waals surface area contributed by atoms with Gasteiger partial charge in [0.15, 0.2) is 11.6 Å². The van der Waals surface area contributed by atoms with Crippen LogP contribution < -0.4 is 0 Å². The van der Waals surface area contributed by atoms with Gasteiger partial charge in [-0.3, -0.25) is 9.59 Å². The van der Waals surface area contributed by atoms with E-state index in [1.807, 2.05) is 60.7 Å². The second-order valence-electron chi connectivity index (χ2n) is 6.44. The molecule has 0 N–H and O–H groups in total. The molecule has 2 heteroatoms. The summed E-state index contributed by atoms with van der Waals surface area (Å²) in [5.41, 5.74) is 1.57. The number of hydrogen-bond acceptors (Lipinski definition) is 2. The minimum atomic E-state index is 0.203. The Labute approximate surface area is 137 Å². The summed E-state index contributed by atoms with van der Waals surface area (Å²) in [6.07, 6.45) is 4.38. The van der Waals surface area contributed by atoms with Gasteiger partial charge in [0.2, 0.25) is 0 Å². The molecule has 0 aromatic heterocycles. The van der Waals surface area contributed by atoms with E-state index in [4.69, 9.17) is 0 Å². The average molecular weight is 306 g/mol. The molecule has 0 radical (unpaired) electrons. The fourth-order valence-electron chi connectivity index (χ4n) is 3.61. The monoisotopic (exact) mass is 306 g/mol. The molecule has 0 saturated heterocycles. The van der Waals surface area contributed by atoms with Gasteiger partial charge in [-0.05, 0) is 24.7 Å². The summed E-state index contributed by atoms with van der Waals surface area (Å²) in [6.45, 7) is 0. The Morgan fingerprint density at radius 1 is 0.696 bits per heavy atom. The summed E-state index contributed by atoms with van der Waals surface area (Å²) in [4.78, 5) is 24.8. The summed E-state index contributed by atoms with van der Waals surface area (Å²) >= 11 is 0. The largest absolute Gasteiger partial charge is 0.294 e. The Hall–Kier alpha value is -2.22. The zero-order valence-electron chi connectivity index (χ0n) is 13.3. The Balaban J connectivity index is 1.62. The maximum atomic E-state index is 12.4. The van der Waals surface area contributed by atoms with Gasteiger partial charge in [-0.15, -0.1) is 0 Å². The van der Waals surface area contributed by atoms with Crippen LogP contribution in [0.4, 0.5) is 0 Å². The van der Waals surface area contributed by atoms with E-state index in [9.17, 15) is 9.59 Å². The molecule has 1 saturated carbocycles. The molecule has 2 aromatic rings. The van der Waals surface area contributed by atoms with Crippen LogP contribution in [0.25, 0.3) is 0 Å². The molecule has 118 valence electrons. The lowest BCUT2D eigenvalue weighted by atomic mass is 9.85. The van der Waals surface area contributed by atoms with Gasteiger partial charge < -0.3 is 0 Å². The van der Waals surface area contributed by atoms with Crippen LogP contribution in [-0.4, -0.2) is 11.6 Å². The molecule has 1 aliphatic carbocycles. The first-order chi connectivity index (χ1) is 11.2. The van der Waals surface area contributed by atoms with Gasteiger partial charge >= 0.3 is 0 Å². The molecule has 2 nitrogen and oxygen atoms in total. The molecule has 0 amide bonds. The molecule has 3 rings (SSSR count). The van der Waals surface area contributed by atoms with E-state index in [0.29, 0.717) is 24.7 Å². The van der Waals surface area contributed by atoms with E-state index in [0.717, 1.165) is 30.4 Å². The molecule has 0 heterocycles. The third kappa shape index (κ3) is 3.95. The first-order valence-corrected chi connectivity index (χ1v) is 8.40. The molecule has 2 atom stereocenters. The lowest BCUT2D eigenvalue weighted by Crippen LogP contribution is -2.17. The maximum Gasteiger partial charge on any atom is 0.163 e. The number of benzene rings is 2. The lowest BCUT2D eigenvalue weighted by molar-refractivity contribution is 0.0905. The van der Waals surface area contributed by atoms with Gasteiger partial charge in [0, 0.05) is 24.0 Å². The fraction of sp³-hybridized carbons (Fsp3) is 0.333. The molecular weight excluding hydrogens is 284 g/mol. The van der Waals surface area contributed by atoms with Crippen molar-refractivity contribution in [1.29, 1.82) is 0 Å². The molecule has 0 aliphatic heterocycles. The van der Waals surface area contributed by atoms with Gasteiger partial charge in [0.05, 0.1) is 0 Å². The van der Waals surface area contributed by atoms with E-state index in [1.165, 1.54) is 0 Å². The van der Waals surface area contributed by atoms with Crippen molar-refractivity contribution < 1.29 is 9.59 Å². The van der Waals surface area contributed by atoms with E-state index < -0.39 is 0 Å². The number of ketones is 2. The zero-order chi connectivity index (χ0) is 16.1. The lowest BCUT2D eigenvalue weighted by Gasteiger charge is -2.18. The molecule has 0 unspecified atom stereocenters. The van der Waals surface area contributed by atoms with Gasteiger partial charge in [0.25, 0.3) is 0 Å². The third-order valence-corrected chi connectivity index (χ3v) is 4.90. The van der Waals surface area contributed by atoms with Crippen molar-refractivity contribution in [3.63, 3.8) is 0 Å². The van der Waals surface area contributed by atoms with Gasteiger partial charge in [-0.1, -0.05) is 67.1 Å². The standard InChI is InChI=1S/C21H22O2/c22-20(16-8-3-1-4-9-16)14-18-12-7-13-19(18)15-21(23)17-10-5-2-6-11-17/h1-6,8-11,18-19H,7,12-15H2/t18-,19-/m0/s1. The molecule has 2 aromatic carbocycles. The Kier molecular flexibility index (Phi) is 5.02. The second kappa shape index (κ2) is 7.36. The highest BCUT2D eigenvalue weighted by molar-refractivity contribution is 5.97. The number of carbonyl (C=O) groups excluding carboxylic acids is 2. The van der Waals surface area contributed by atoms with Gasteiger partial charge in [0.1, 0.15) is 0 Å². The van der Waals surface area contributed by atoms with Crippen molar-refractivity contribution in [3.8, 4) is 0 Å². The van der Waals surface area contributed by atoms with Crippen molar-refractivity contribution in [2.75, 3.05) is 0 Å². The van der Waals surface area contributed by atoms with E-state index >= 15 is 0 Å². The zero-order valence-corrected chi connectivity index (χ0v) is 13.3. The quantitative estimate of drug-likeness (QED) is 0.708. The molecular formula is C21H22O2. The van der Waals surface area contributed by atoms with Crippen LogP contribution in [0.1, 0.15) is 52.8 Å². The minimum absolute atomic E-state index is 0.203. The SMILES string of the molecule is O=C(C[C@@H]1CCC[C@H]1CC(=O)c1ccccc1)c1ccccc1. The van der Waals surface area contributed by atoms with E-state index in [-0.39, 0.29) is 11.6 Å². The normalized spacial score (nSPS) is 20.3. The second-order valence-corrected chi connectivity index (χ2v) is 6.44. The first kappa shape index (κ1) is 15.7. The summed E-state index contributed by atoms with van der Waals surface area (Å²) < 4.78 is 0. The third-order valence-electron chi connectivity index (χ3n) is 4.90. The number of hydrogen-bond donors (Lipinski definition) is 0. The Morgan fingerprint density at radius 2 is 1.09 bits per heavy atom. The van der Waals surface area contributed by atoms with Crippen LogP contribution in [0.2, 0.25) is 0 Å². The topological polar surface area (TPSA) is 34.1 Å². The van der Waals surface area contributed by atoms with Crippen LogP contribution in [0.5, 0.6) is 0 Å². The van der Waals surface area contributed by atoms with Gasteiger partial charge in [-0.2, -0.15) is 0 Å². The van der Waals surface area contributed by atoms with Crippen molar-refractivity contribution in [2.24, 2.45) is 11.8 Å². The van der Waals surface area contributed by atoms with E-state index in [2.05, 4.69) is 0 Å². The fourth-order valence-corrected chi connectivity index (χ4v) is 3.61. The molecule has 0 spiro atoms.